The fraction of sp³-hybridized carbons (Fsp3) is 0.562. The second-order valence-corrected chi connectivity index (χ2v) is 10.0. The van der Waals surface area contributed by atoms with E-state index in [0.717, 1.165) is 4.90 Å². The quantitative estimate of drug-likeness (QED) is 0.854. The van der Waals surface area contributed by atoms with Gasteiger partial charge in [-0.25, -0.2) is 8.42 Å². The highest BCUT2D eigenvalue weighted by molar-refractivity contribution is 8.00. The molecule has 1 aromatic rings. The zero-order valence-corrected chi connectivity index (χ0v) is 14.9. The van der Waals surface area contributed by atoms with Crippen LogP contribution in [-0.2, 0) is 20.0 Å². The summed E-state index contributed by atoms with van der Waals surface area (Å²) in [5, 5.41) is 2.80. The summed E-state index contributed by atoms with van der Waals surface area (Å²) in [5.41, 5.74) is 1.38. The first-order valence-corrected chi connectivity index (χ1v) is 10.2. The summed E-state index contributed by atoms with van der Waals surface area (Å²) < 4.78 is 22.7. The van der Waals surface area contributed by atoms with Crippen LogP contribution >= 0.6 is 11.8 Å². The Labute approximate surface area is 137 Å². The van der Waals surface area contributed by atoms with Crippen LogP contribution in [-0.4, -0.2) is 37.6 Å². The number of carbonyl (C=O) groups excluding carboxylic acids is 1. The van der Waals surface area contributed by atoms with Gasteiger partial charge in [-0.1, -0.05) is 32.9 Å². The number of benzene rings is 1. The largest absolute Gasteiger partial charge is 0.352 e. The van der Waals surface area contributed by atoms with Crippen molar-refractivity contribution >= 4 is 27.5 Å². The van der Waals surface area contributed by atoms with Crippen LogP contribution in [0.4, 0.5) is 0 Å². The number of hydrogen-bond donors (Lipinski definition) is 1. The predicted molar refractivity (Wildman–Crippen MR) is 91.1 cm³/mol. The number of carbonyl (C=O) groups is 1. The predicted octanol–water partition coefficient (Wildman–Crippen LogP) is 2.38. The molecule has 0 saturated carbocycles. The van der Waals surface area contributed by atoms with E-state index in [-0.39, 0.29) is 28.9 Å². The first kappa shape index (κ1) is 17.3. The van der Waals surface area contributed by atoms with Gasteiger partial charge in [0.25, 0.3) is 0 Å². The van der Waals surface area contributed by atoms with Gasteiger partial charge in [-0.2, -0.15) is 0 Å². The smallest absolute Gasteiger partial charge is 0.230 e. The van der Waals surface area contributed by atoms with Crippen LogP contribution < -0.4 is 5.32 Å². The first-order chi connectivity index (χ1) is 10.2. The summed E-state index contributed by atoms with van der Waals surface area (Å²) in [5.74, 6) is 0.459. The molecule has 122 valence electrons. The number of thioether (sulfide) groups is 1. The lowest BCUT2D eigenvalue weighted by Crippen LogP contribution is -2.36. The molecule has 1 saturated heterocycles. The van der Waals surface area contributed by atoms with Gasteiger partial charge < -0.3 is 5.32 Å². The van der Waals surface area contributed by atoms with Crippen LogP contribution in [0.25, 0.3) is 0 Å². The molecule has 1 fully saturated rings. The van der Waals surface area contributed by atoms with Gasteiger partial charge in [0.2, 0.25) is 5.91 Å². The highest BCUT2D eigenvalue weighted by atomic mass is 32.2. The second kappa shape index (κ2) is 6.62. The third-order valence-electron chi connectivity index (χ3n) is 3.69. The van der Waals surface area contributed by atoms with E-state index in [9.17, 15) is 13.2 Å². The highest BCUT2D eigenvalue weighted by Gasteiger charge is 2.28. The fourth-order valence-electron chi connectivity index (χ4n) is 2.38. The van der Waals surface area contributed by atoms with Crippen molar-refractivity contribution in [1.82, 2.24) is 5.32 Å². The molecule has 6 heteroatoms. The monoisotopic (exact) mass is 341 g/mol. The van der Waals surface area contributed by atoms with Gasteiger partial charge in [0.1, 0.15) is 0 Å². The van der Waals surface area contributed by atoms with Crippen molar-refractivity contribution in [2.45, 2.75) is 43.5 Å². The minimum Gasteiger partial charge on any atom is -0.352 e. The Hall–Kier alpha value is -1.01. The molecular weight excluding hydrogens is 318 g/mol. The zero-order valence-electron chi connectivity index (χ0n) is 13.3. The molecule has 0 radical (unpaired) electrons. The zero-order chi connectivity index (χ0) is 16.4. The summed E-state index contributed by atoms with van der Waals surface area (Å²) >= 11 is 1.47. The Kier molecular flexibility index (Phi) is 5.22. The van der Waals surface area contributed by atoms with E-state index >= 15 is 0 Å². The van der Waals surface area contributed by atoms with E-state index in [0.29, 0.717) is 12.2 Å². The maximum atomic E-state index is 11.9. The van der Waals surface area contributed by atoms with Crippen molar-refractivity contribution in [2.75, 3.05) is 17.3 Å². The first-order valence-electron chi connectivity index (χ1n) is 7.39. The molecule has 0 aromatic heterocycles. The number of rotatable bonds is 4. The van der Waals surface area contributed by atoms with Crippen LogP contribution in [0, 0.1) is 0 Å². The Bertz CT molecular complexity index is 630. The summed E-state index contributed by atoms with van der Waals surface area (Å²) in [6.45, 7) is 6.49. The molecule has 1 aromatic carbocycles. The van der Waals surface area contributed by atoms with Crippen molar-refractivity contribution < 1.29 is 13.2 Å². The lowest BCUT2D eigenvalue weighted by atomic mass is 9.87. The van der Waals surface area contributed by atoms with Crippen molar-refractivity contribution in [3.63, 3.8) is 0 Å². The van der Waals surface area contributed by atoms with E-state index in [1.54, 1.807) is 0 Å². The minimum atomic E-state index is -2.95. The summed E-state index contributed by atoms with van der Waals surface area (Å²) in [4.78, 5) is 12.9. The molecule has 1 aliphatic rings. The van der Waals surface area contributed by atoms with Crippen LogP contribution in [0.15, 0.2) is 29.2 Å². The van der Waals surface area contributed by atoms with E-state index in [2.05, 4.69) is 38.2 Å². The molecule has 22 heavy (non-hydrogen) atoms. The topological polar surface area (TPSA) is 63.2 Å². The molecular formula is C16H23NO3S2. The standard InChI is InChI=1S/C16H23NO3S2/c1-16(2,3)12-4-6-14(7-5-12)21-10-15(18)17-13-8-9-22(19,20)11-13/h4-7,13H,8-11H2,1-3H3,(H,17,18). The average Bonchev–Trinajstić information content (AvgIpc) is 2.75. The lowest BCUT2D eigenvalue weighted by Gasteiger charge is -2.19. The highest BCUT2D eigenvalue weighted by Crippen LogP contribution is 2.25. The Morgan fingerprint density at radius 2 is 1.91 bits per heavy atom. The normalized spacial score (nSPS) is 20.8. The van der Waals surface area contributed by atoms with Gasteiger partial charge in [-0.3, -0.25) is 4.79 Å². The molecule has 1 atom stereocenters. The lowest BCUT2D eigenvalue weighted by molar-refractivity contribution is -0.119. The molecule has 1 aliphatic heterocycles. The Balaban J connectivity index is 1.81. The van der Waals surface area contributed by atoms with E-state index in [1.807, 2.05) is 12.1 Å². The molecule has 1 heterocycles. The van der Waals surface area contributed by atoms with Crippen LogP contribution in [0.3, 0.4) is 0 Å². The van der Waals surface area contributed by atoms with Gasteiger partial charge in [0.05, 0.1) is 17.3 Å². The maximum Gasteiger partial charge on any atom is 0.230 e. The molecule has 1 unspecified atom stereocenters. The number of amides is 1. The van der Waals surface area contributed by atoms with Crippen molar-refractivity contribution in [2.24, 2.45) is 0 Å². The summed E-state index contributed by atoms with van der Waals surface area (Å²) in [7, 11) is -2.95. The third-order valence-corrected chi connectivity index (χ3v) is 6.47. The molecule has 0 bridgehead atoms. The average molecular weight is 341 g/mol. The van der Waals surface area contributed by atoms with Gasteiger partial charge >= 0.3 is 0 Å². The molecule has 0 aliphatic carbocycles. The van der Waals surface area contributed by atoms with Crippen LogP contribution in [0.1, 0.15) is 32.8 Å². The van der Waals surface area contributed by atoms with E-state index in [1.165, 1.54) is 17.3 Å². The molecule has 2 rings (SSSR count). The van der Waals surface area contributed by atoms with Gasteiger partial charge in [-0.15, -0.1) is 11.8 Å². The number of nitrogens with one attached hydrogen (secondary N) is 1. The van der Waals surface area contributed by atoms with Gasteiger partial charge in [0.15, 0.2) is 9.84 Å². The maximum absolute atomic E-state index is 11.9. The SMILES string of the molecule is CC(C)(C)c1ccc(SCC(=O)NC2CCS(=O)(=O)C2)cc1. The van der Waals surface area contributed by atoms with Crippen LogP contribution in [0.2, 0.25) is 0 Å². The van der Waals surface area contributed by atoms with Gasteiger partial charge in [0, 0.05) is 10.9 Å². The fourth-order valence-corrected chi connectivity index (χ4v) is 4.76. The Morgan fingerprint density at radius 1 is 1.27 bits per heavy atom. The summed E-state index contributed by atoms with van der Waals surface area (Å²) in [6, 6.07) is 8.01. The minimum absolute atomic E-state index is 0.0731. The molecule has 4 nitrogen and oxygen atoms in total. The van der Waals surface area contributed by atoms with E-state index < -0.39 is 9.84 Å². The summed E-state index contributed by atoms with van der Waals surface area (Å²) in [6.07, 6.45) is 0.527. The van der Waals surface area contributed by atoms with Crippen molar-refractivity contribution in [3.05, 3.63) is 29.8 Å². The number of sulfone groups is 1. The number of hydrogen-bond acceptors (Lipinski definition) is 4. The third kappa shape index (κ3) is 5.02. The van der Waals surface area contributed by atoms with Crippen molar-refractivity contribution in [3.8, 4) is 0 Å². The van der Waals surface area contributed by atoms with Crippen LogP contribution in [0.5, 0.6) is 0 Å². The molecule has 1 N–H and O–H groups in total. The second-order valence-electron chi connectivity index (χ2n) is 6.73. The molecule has 1 amide bonds. The van der Waals surface area contributed by atoms with Gasteiger partial charge in [-0.05, 0) is 29.5 Å². The van der Waals surface area contributed by atoms with E-state index in [4.69, 9.17) is 0 Å². The molecule has 0 spiro atoms. The van der Waals surface area contributed by atoms with Crippen molar-refractivity contribution in [1.29, 1.82) is 0 Å². The Morgan fingerprint density at radius 3 is 2.41 bits per heavy atom.